The number of likely N-dealkylation sites (N-methyl/N-ethyl adjacent to an activating group) is 1. The molecule has 0 radical (unpaired) electrons. The highest BCUT2D eigenvalue weighted by Crippen LogP contribution is 2.10. The summed E-state index contributed by atoms with van der Waals surface area (Å²) in [5.74, 6) is 0. The van der Waals surface area contributed by atoms with Gasteiger partial charge in [0.2, 0.25) is 0 Å². The predicted octanol–water partition coefficient (Wildman–Crippen LogP) is 1.83. The molecule has 0 saturated carbocycles. The summed E-state index contributed by atoms with van der Waals surface area (Å²) in [5.41, 5.74) is 0. The number of nitrogens with zero attached hydrogens (tertiary/aromatic N) is 2. The number of hydrogen-bond acceptors (Lipinski definition) is 2. The van der Waals surface area contributed by atoms with Crippen molar-refractivity contribution in [3.8, 4) is 0 Å². The van der Waals surface area contributed by atoms with Crippen molar-refractivity contribution in [2.45, 2.75) is 32.9 Å². The smallest absolute Gasteiger partial charge is 0.0198 e. The van der Waals surface area contributed by atoms with Gasteiger partial charge in [-0.3, -0.25) is 4.90 Å². The van der Waals surface area contributed by atoms with E-state index in [1.807, 2.05) is 0 Å². The summed E-state index contributed by atoms with van der Waals surface area (Å²) < 4.78 is 0. The molecule has 0 bridgehead atoms. The first-order chi connectivity index (χ1) is 6.11. The van der Waals surface area contributed by atoms with Crippen molar-refractivity contribution in [1.82, 2.24) is 9.80 Å². The molecule has 78 valence electrons. The Kier molecular flexibility index (Phi) is 6.00. The molecule has 0 aromatic heterocycles. The van der Waals surface area contributed by atoms with Gasteiger partial charge in [0.15, 0.2) is 0 Å². The molecule has 1 heterocycles. The maximum absolute atomic E-state index is 3.00. The standard InChI is InChI=1S/C9H20N2.C2H4/c1-8(2)11-6-5-10(4)7-9(11)3;1-2/h8-9H,5-7H2,1-4H3;1-2H2/t9-;/m0./s1. The van der Waals surface area contributed by atoms with E-state index in [-0.39, 0.29) is 0 Å². The van der Waals surface area contributed by atoms with E-state index in [0.29, 0.717) is 6.04 Å². The summed E-state index contributed by atoms with van der Waals surface area (Å²) >= 11 is 0. The molecule has 0 unspecified atom stereocenters. The van der Waals surface area contributed by atoms with Crippen molar-refractivity contribution in [2.75, 3.05) is 26.7 Å². The van der Waals surface area contributed by atoms with E-state index in [1.165, 1.54) is 19.6 Å². The third-order valence-electron chi connectivity index (χ3n) is 2.55. The van der Waals surface area contributed by atoms with Gasteiger partial charge in [-0.15, -0.1) is 13.2 Å². The normalized spacial score (nSPS) is 25.5. The van der Waals surface area contributed by atoms with Crippen LogP contribution in [0.15, 0.2) is 13.2 Å². The molecule has 1 saturated heterocycles. The summed E-state index contributed by atoms with van der Waals surface area (Å²) in [6.07, 6.45) is 0. The van der Waals surface area contributed by atoms with Crippen molar-refractivity contribution in [1.29, 1.82) is 0 Å². The maximum atomic E-state index is 3.00. The first kappa shape index (κ1) is 12.7. The minimum Gasteiger partial charge on any atom is -0.304 e. The fraction of sp³-hybridized carbons (Fsp3) is 0.818. The van der Waals surface area contributed by atoms with Crippen molar-refractivity contribution in [3.05, 3.63) is 13.2 Å². The highest BCUT2D eigenvalue weighted by atomic mass is 15.3. The third-order valence-corrected chi connectivity index (χ3v) is 2.55. The van der Waals surface area contributed by atoms with Crippen LogP contribution >= 0.6 is 0 Å². The second-order valence-electron chi connectivity index (χ2n) is 3.94. The SMILES string of the molecule is C=C.CC(C)N1CCN(C)C[C@@H]1C. The van der Waals surface area contributed by atoms with Gasteiger partial charge in [-0.1, -0.05) is 0 Å². The zero-order valence-corrected chi connectivity index (χ0v) is 9.58. The third kappa shape index (κ3) is 3.92. The van der Waals surface area contributed by atoms with Crippen LogP contribution in [-0.2, 0) is 0 Å². The highest BCUT2D eigenvalue weighted by molar-refractivity contribution is 4.79. The Hall–Kier alpha value is -0.340. The van der Waals surface area contributed by atoms with E-state index in [1.54, 1.807) is 0 Å². The summed E-state index contributed by atoms with van der Waals surface area (Å²) in [7, 11) is 2.20. The van der Waals surface area contributed by atoms with E-state index in [0.717, 1.165) is 6.04 Å². The molecule has 0 amide bonds. The minimum atomic E-state index is 0.707. The van der Waals surface area contributed by atoms with Gasteiger partial charge in [0.25, 0.3) is 0 Å². The zero-order valence-electron chi connectivity index (χ0n) is 9.58. The van der Waals surface area contributed by atoms with Crippen molar-refractivity contribution < 1.29 is 0 Å². The number of piperazine rings is 1. The van der Waals surface area contributed by atoms with Crippen LogP contribution < -0.4 is 0 Å². The van der Waals surface area contributed by atoms with Gasteiger partial charge in [-0.2, -0.15) is 0 Å². The first-order valence-electron chi connectivity index (χ1n) is 5.05. The van der Waals surface area contributed by atoms with Crippen LogP contribution in [0.25, 0.3) is 0 Å². The second-order valence-corrected chi connectivity index (χ2v) is 3.94. The molecule has 1 rings (SSSR count). The Labute approximate surface area is 83.2 Å². The lowest BCUT2D eigenvalue weighted by atomic mass is 10.1. The lowest BCUT2D eigenvalue weighted by Crippen LogP contribution is -2.52. The molecule has 0 aromatic rings. The van der Waals surface area contributed by atoms with Crippen LogP contribution in [0.5, 0.6) is 0 Å². The van der Waals surface area contributed by atoms with Crippen LogP contribution in [0.4, 0.5) is 0 Å². The van der Waals surface area contributed by atoms with Crippen molar-refractivity contribution >= 4 is 0 Å². The summed E-state index contributed by atoms with van der Waals surface area (Å²) in [4.78, 5) is 4.98. The van der Waals surface area contributed by atoms with E-state index in [2.05, 4.69) is 50.8 Å². The molecule has 0 spiro atoms. The van der Waals surface area contributed by atoms with Gasteiger partial charge in [0.05, 0.1) is 0 Å². The molecule has 1 fully saturated rings. The van der Waals surface area contributed by atoms with E-state index in [9.17, 15) is 0 Å². The Bertz CT molecular complexity index is 134. The summed E-state index contributed by atoms with van der Waals surface area (Å²) in [5, 5.41) is 0. The van der Waals surface area contributed by atoms with E-state index in [4.69, 9.17) is 0 Å². The van der Waals surface area contributed by atoms with Gasteiger partial charge in [0.1, 0.15) is 0 Å². The van der Waals surface area contributed by atoms with Crippen LogP contribution in [0.2, 0.25) is 0 Å². The monoisotopic (exact) mass is 184 g/mol. The highest BCUT2D eigenvalue weighted by Gasteiger charge is 2.22. The van der Waals surface area contributed by atoms with Crippen LogP contribution in [-0.4, -0.2) is 48.6 Å². The van der Waals surface area contributed by atoms with Crippen LogP contribution in [0.1, 0.15) is 20.8 Å². The largest absolute Gasteiger partial charge is 0.304 e. The van der Waals surface area contributed by atoms with Crippen LogP contribution in [0.3, 0.4) is 0 Å². The average Bonchev–Trinajstić information content (AvgIpc) is 2.07. The van der Waals surface area contributed by atoms with Gasteiger partial charge >= 0.3 is 0 Å². The second kappa shape index (κ2) is 6.17. The number of hydrogen-bond donors (Lipinski definition) is 0. The summed E-state index contributed by atoms with van der Waals surface area (Å²) in [6.45, 7) is 16.6. The van der Waals surface area contributed by atoms with Gasteiger partial charge in [-0.05, 0) is 27.8 Å². The predicted molar refractivity (Wildman–Crippen MR) is 60.1 cm³/mol. The Balaban J connectivity index is 0.000000671. The molecule has 2 heteroatoms. The fourth-order valence-corrected chi connectivity index (χ4v) is 1.92. The quantitative estimate of drug-likeness (QED) is 0.574. The Morgan fingerprint density at radius 2 is 1.77 bits per heavy atom. The fourth-order valence-electron chi connectivity index (χ4n) is 1.92. The molecule has 13 heavy (non-hydrogen) atoms. The van der Waals surface area contributed by atoms with Crippen molar-refractivity contribution in [3.63, 3.8) is 0 Å². The molecule has 0 N–H and O–H groups in total. The Morgan fingerprint density at radius 1 is 1.23 bits per heavy atom. The molecular formula is C11H24N2. The van der Waals surface area contributed by atoms with Crippen molar-refractivity contribution in [2.24, 2.45) is 0 Å². The van der Waals surface area contributed by atoms with Gasteiger partial charge in [-0.25, -0.2) is 0 Å². The van der Waals surface area contributed by atoms with Crippen LogP contribution in [0, 0.1) is 0 Å². The molecule has 1 aliphatic rings. The van der Waals surface area contributed by atoms with Gasteiger partial charge in [0, 0.05) is 31.7 Å². The molecule has 1 atom stereocenters. The lowest BCUT2D eigenvalue weighted by molar-refractivity contribution is 0.0741. The molecule has 0 aromatic carbocycles. The Morgan fingerprint density at radius 3 is 2.15 bits per heavy atom. The van der Waals surface area contributed by atoms with Gasteiger partial charge < -0.3 is 4.90 Å². The topological polar surface area (TPSA) is 6.48 Å². The molecule has 0 aliphatic carbocycles. The first-order valence-corrected chi connectivity index (χ1v) is 5.05. The average molecular weight is 184 g/mol. The minimum absolute atomic E-state index is 0.707. The molecular weight excluding hydrogens is 160 g/mol. The zero-order chi connectivity index (χ0) is 10.4. The van der Waals surface area contributed by atoms with E-state index >= 15 is 0 Å². The number of rotatable bonds is 1. The maximum Gasteiger partial charge on any atom is 0.0198 e. The summed E-state index contributed by atoms with van der Waals surface area (Å²) in [6, 6.07) is 1.44. The lowest BCUT2D eigenvalue weighted by Gasteiger charge is -2.40. The molecule has 1 aliphatic heterocycles. The van der Waals surface area contributed by atoms with E-state index < -0.39 is 0 Å². The molecule has 2 nitrogen and oxygen atoms in total.